The van der Waals surface area contributed by atoms with Gasteiger partial charge in [-0.2, -0.15) is 13.2 Å². The van der Waals surface area contributed by atoms with Crippen LogP contribution in [0.4, 0.5) is 13.2 Å². The van der Waals surface area contributed by atoms with Gasteiger partial charge in [0.05, 0.1) is 0 Å². The molecule has 0 spiro atoms. The maximum Gasteiger partial charge on any atom is 0.406 e. The molecule has 3 atom stereocenters. The molecule has 4 heteroatoms. The van der Waals surface area contributed by atoms with Gasteiger partial charge in [0.1, 0.15) is 5.54 Å². The molecule has 0 saturated heterocycles. The third-order valence-electron chi connectivity index (χ3n) is 4.06. The van der Waals surface area contributed by atoms with E-state index >= 15 is 0 Å². The van der Waals surface area contributed by atoms with Gasteiger partial charge in [-0.05, 0) is 31.2 Å². The number of hydrogen-bond acceptors (Lipinski definition) is 1. The van der Waals surface area contributed by atoms with E-state index in [1.165, 1.54) is 0 Å². The van der Waals surface area contributed by atoms with Crippen LogP contribution in [0.1, 0.15) is 46.5 Å². The summed E-state index contributed by atoms with van der Waals surface area (Å²) in [7, 11) is 0. The van der Waals surface area contributed by atoms with Gasteiger partial charge in [-0.25, -0.2) is 0 Å². The van der Waals surface area contributed by atoms with Gasteiger partial charge in [-0.15, -0.1) is 0 Å². The monoisotopic (exact) mass is 237 g/mol. The summed E-state index contributed by atoms with van der Waals surface area (Å²) >= 11 is 0. The van der Waals surface area contributed by atoms with Crippen molar-refractivity contribution in [2.24, 2.45) is 11.8 Å². The predicted octanol–water partition coefficient (Wildman–Crippen LogP) is 3.74. The van der Waals surface area contributed by atoms with Crippen LogP contribution in [0.25, 0.3) is 0 Å². The highest BCUT2D eigenvalue weighted by atomic mass is 19.4. The molecule has 0 heterocycles. The van der Waals surface area contributed by atoms with E-state index in [0.717, 1.165) is 12.8 Å². The summed E-state index contributed by atoms with van der Waals surface area (Å²) in [4.78, 5) is 0. The molecule has 0 aromatic heterocycles. The van der Waals surface area contributed by atoms with Crippen molar-refractivity contribution in [1.29, 1.82) is 0 Å². The van der Waals surface area contributed by atoms with E-state index < -0.39 is 11.7 Å². The van der Waals surface area contributed by atoms with Crippen molar-refractivity contribution < 1.29 is 13.2 Å². The normalized spacial score (nSPS) is 36.4. The van der Waals surface area contributed by atoms with Gasteiger partial charge >= 0.3 is 6.18 Å². The van der Waals surface area contributed by atoms with Gasteiger partial charge in [-0.3, -0.25) is 0 Å². The number of rotatable bonds is 3. The van der Waals surface area contributed by atoms with Crippen molar-refractivity contribution in [2.75, 3.05) is 6.54 Å². The Hall–Kier alpha value is -0.250. The molecule has 16 heavy (non-hydrogen) atoms. The minimum atomic E-state index is -4.14. The smallest absolute Gasteiger partial charge is 0.303 e. The minimum Gasteiger partial charge on any atom is -0.303 e. The first-order chi connectivity index (χ1) is 7.35. The second-order valence-corrected chi connectivity index (χ2v) is 5.05. The lowest BCUT2D eigenvalue weighted by Crippen LogP contribution is -2.63. The lowest BCUT2D eigenvalue weighted by molar-refractivity contribution is -0.225. The second-order valence-electron chi connectivity index (χ2n) is 5.05. The van der Waals surface area contributed by atoms with E-state index in [1.54, 1.807) is 6.92 Å². The van der Waals surface area contributed by atoms with Gasteiger partial charge in [0, 0.05) is 0 Å². The summed E-state index contributed by atoms with van der Waals surface area (Å²) in [5.41, 5.74) is -1.65. The fraction of sp³-hybridized carbons (Fsp3) is 1.00. The van der Waals surface area contributed by atoms with Gasteiger partial charge in [0.2, 0.25) is 0 Å². The molecule has 96 valence electrons. The van der Waals surface area contributed by atoms with E-state index in [0.29, 0.717) is 13.0 Å². The lowest BCUT2D eigenvalue weighted by atomic mass is 9.67. The zero-order valence-corrected chi connectivity index (χ0v) is 10.3. The summed E-state index contributed by atoms with van der Waals surface area (Å²) in [6, 6.07) is 0. The van der Waals surface area contributed by atoms with Crippen LogP contribution in [0.5, 0.6) is 0 Å². The lowest BCUT2D eigenvalue weighted by Gasteiger charge is -2.47. The van der Waals surface area contributed by atoms with Crippen molar-refractivity contribution in [3.05, 3.63) is 0 Å². The van der Waals surface area contributed by atoms with Crippen LogP contribution in [0.15, 0.2) is 0 Å². The molecule has 0 aromatic carbocycles. The van der Waals surface area contributed by atoms with Crippen molar-refractivity contribution in [1.82, 2.24) is 5.32 Å². The molecule has 0 amide bonds. The molecule has 1 fully saturated rings. The Balaban J connectivity index is 2.93. The minimum absolute atomic E-state index is 0.139. The summed E-state index contributed by atoms with van der Waals surface area (Å²) in [6.45, 7) is 6.00. The largest absolute Gasteiger partial charge is 0.406 e. The highest BCUT2D eigenvalue weighted by molar-refractivity contribution is 5.02. The van der Waals surface area contributed by atoms with Gasteiger partial charge < -0.3 is 5.32 Å². The summed E-state index contributed by atoms with van der Waals surface area (Å²) in [5, 5.41) is 2.78. The molecule has 1 aliphatic rings. The Bertz CT molecular complexity index is 227. The predicted molar refractivity (Wildman–Crippen MR) is 59.3 cm³/mol. The Kier molecular flexibility index (Phi) is 4.27. The maximum atomic E-state index is 13.3. The first-order valence-corrected chi connectivity index (χ1v) is 6.17. The second kappa shape index (κ2) is 4.94. The Morgan fingerprint density at radius 1 is 1.31 bits per heavy atom. The Morgan fingerprint density at radius 2 is 1.94 bits per heavy atom. The van der Waals surface area contributed by atoms with E-state index in [4.69, 9.17) is 0 Å². The zero-order chi connectivity index (χ0) is 12.4. The molecular formula is C12H22F3N. The first kappa shape index (κ1) is 13.8. The van der Waals surface area contributed by atoms with Crippen LogP contribution in [0.3, 0.4) is 0 Å². The average Bonchev–Trinajstić information content (AvgIpc) is 2.19. The average molecular weight is 237 g/mol. The van der Waals surface area contributed by atoms with E-state index in [-0.39, 0.29) is 18.3 Å². The van der Waals surface area contributed by atoms with E-state index in [1.807, 2.05) is 13.8 Å². The third-order valence-corrected chi connectivity index (χ3v) is 4.06. The van der Waals surface area contributed by atoms with Crippen LogP contribution in [-0.2, 0) is 0 Å². The van der Waals surface area contributed by atoms with Gasteiger partial charge in [-0.1, -0.05) is 33.6 Å². The van der Waals surface area contributed by atoms with Crippen LogP contribution in [-0.4, -0.2) is 18.3 Å². The number of nitrogens with one attached hydrogen (secondary N) is 1. The topological polar surface area (TPSA) is 12.0 Å². The molecule has 1 N–H and O–H groups in total. The standard InChI is InChI=1S/C12H22F3N/c1-4-8-16-11(12(13,14)15)7-5-6-9(2)10(11)3/h9-10,16H,4-8H2,1-3H3. The fourth-order valence-corrected chi connectivity index (χ4v) is 2.76. The van der Waals surface area contributed by atoms with E-state index in [9.17, 15) is 13.2 Å². The van der Waals surface area contributed by atoms with Crippen LogP contribution in [0, 0.1) is 11.8 Å². The van der Waals surface area contributed by atoms with Crippen molar-refractivity contribution in [3.8, 4) is 0 Å². The zero-order valence-electron chi connectivity index (χ0n) is 10.3. The molecule has 1 nitrogen and oxygen atoms in total. The van der Waals surface area contributed by atoms with Gasteiger partial charge in [0.15, 0.2) is 0 Å². The molecule has 1 aliphatic carbocycles. The molecule has 1 rings (SSSR count). The molecular weight excluding hydrogens is 215 g/mol. The molecule has 0 aliphatic heterocycles. The number of hydrogen-bond donors (Lipinski definition) is 1. The van der Waals surface area contributed by atoms with Crippen molar-refractivity contribution in [2.45, 2.75) is 58.2 Å². The maximum absolute atomic E-state index is 13.3. The van der Waals surface area contributed by atoms with Gasteiger partial charge in [0.25, 0.3) is 0 Å². The quantitative estimate of drug-likeness (QED) is 0.788. The van der Waals surface area contributed by atoms with Crippen molar-refractivity contribution in [3.63, 3.8) is 0 Å². The summed E-state index contributed by atoms with van der Waals surface area (Å²) in [6.07, 6.45) is -1.61. The molecule has 0 aromatic rings. The molecule has 0 radical (unpaired) electrons. The molecule has 0 bridgehead atoms. The van der Waals surface area contributed by atoms with Crippen LogP contribution in [0.2, 0.25) is 0 Å². The number of halogens is 3. The highest BCUT2D eigenvalue weighted by Crippen LogP contribution is 2.47. The summed E-state index contributed by atoms with van der Waals surface area (Å²) in [5.74, 6) is -0.201. The van der Waals surface area contributed by atoms with Crippen molar-refractivity contribution >= 4 is 0 Å². The van der Waals surface area contributed by atoms with E-state index in [2.05, 4.69) is 5.32 Å². The molecule has 3 unspecified atom stereocenters. The Morgan fingerprint density at radius 3 is 2.44 bits per heavy atom. The van der Waals surface area contributed by atoms with Crippen LogP contribution >= 0.6 is 0 Å². The fourth-order valence-electron chi connectivity index (χ4n) is 2.76. The Labute approximate surface area is 95.8 Å². The summed E-state index contributed by atoms with van der Waals surface area (Å²) < 4.78 is 39.8. The first-order valence-electron chi connectivity index (χ1n) is 6.17. The highest BCUT2D eigenvalue weighted by Gasteiger charge is 2.59. The SMILES string of the molecule is CCCNC1(C(F)(F)F)CCCC(C)C1C. The number of alkyl halides is 3. The third kappa shape index (κ3) is 2.36. The molecule has 1 saturated carbocycles. The van der Waals surface area contributed by atoms with Crippen LogP contribution < -0.4 is 5.32 Å².